The highest BCUT2D eigenvalue weighted by Crippen LogP contribution is 2.28. The van der Waals surface area contributed by atoms with Crippen molar-refractivity contribution in [3.63, 3.8) is 0 Å². The van der Waals surface area contributed by atoms with Gasteiger partial charge in [0.05, 0.1) is 0 Å². The van der Waals surface area contributed by atoms with Crippen molar-refractivity contribution in [2.24, 2.45) is 5.92 Å². The molecular formula is C17H27FN2. The van der Waals surface area contributed by atoms with Crippen LogP contribution in [0.5, 0.6) is 0 Å². The Balaban J connectivity index is 2.22. The maximum absolute atomic E-state index is 13.6. The molecule has 112 valence electrons. The van der Waals surface area contributed by atoms with Gasteiger partial charge in [-0.3, -0.25) is 0 Å². The lowest BCUT2D eigenvalue weighted by atomic mass is 9.90. The Morgan fingerprint density at radius 3 is 2.80 bits per heavy atom. The van der Waals surface area contributed by atoms with Crippen molar-refractivity contribution in [2.45, 2.75) is 52.1 Å². The van der Waals surface area contributed by atoms with Crippen molar-refractivity contribution in [1.82, 2.24) is 5.32 Å². The summed E-state index contributed by atoms with van der Waals surface area (Å²) in [7, 11) is 0. The molecule has 2 rings (SSSR count). The van der Waals surface area contributed by atoms with E-state index in [1.165, 1.54) is 18.9 Å². The van der Waals surface area contributed by atoms with E-state index in [1.54, 1.807) is 6.07 Å². The molecule has 0 radical (unpaired) electrons. The molecule has 0 bridgehead atoms. The molecular weight excluding hydrogens is 251 g/mol. The summed E-state index contributed by atoms with van der Waals surface area (Å²) in [5.74, 6) is 0.491. The van der Waals surface area contributed by atoms with Gasteiger partial charge in [0, 0.05) is 17.8 Å². The zero-order chi connectivity index (χ0) is 14.5. The fourth-order valence-electron chi connectivity index (χ4n) is 3.24. The quantitative estimate of drug-likeness (QED) is 0.881. The molecule has 1 N–H and O–H groups in total. The lowest BCUT2D eigenvalue weighted by molar-refractivity contribution is 0.310. The van der Waals surface area contributed by atoms with Crippen LogP contribution < -0.4 is 10.2 Å². The molecule has 3 atom stereocenters. The van der Waals surface area contributed by atoms with E-state index in [9.17, 15) is 4.39 Å². The molecule has 0 aromatic heterocycles. The summed E-state index contributed by atoms with van der Waals surface area (Å²) >= 11 is 0. The Morgan fingerprint density at radius 2 is 2.20 bits per heavy atom. The second kappa shape index (κ2) is 7.07. The Morgan fingerprint density at radius 1 is 1.40 bits per heavy atom. The zero-order valence-corrected chi connectivity index (χ0v) is 12.9. The topological polar surface area (TPSA) is 15.3 Å². The first-order valence-electron chi connectivity index (χ1n) is 7.88. The van der Waals surface area contributed by atoms with Gasteiger partial charge in [0.15, 0.2) is 0 Å². The summed E-state index contributed by atoms with van der Waals surface area (Å²) < 4.78 is 13.6. The molecule has 0 saturated carbocycles. The van der Waals surface area contributed by atoms with Crippen LogP contribution in [0.15, 0.2) is 24.3 Å². The molecule has 1 aromatic carbocycles. The molecule has 1 aliphatic rings. The first-order valence-corrected chi connectivity index (χ1v) is 7.88. The number of nitrogens with one attached hydrogen (secondary N) is 1. The Hall–Kier alpha value is -1.09. The van der Waals surface area contributed by atoms with E-state index in [-0.39, 0.29) is 5.82 Å². The van der Waals surface area contributed by atoms with Gasteiger partial charge in [0.1, 0.15) is 5.82 Å². The minimum atomic E-state index is -0.148. The molecule has 1 saturated heterocycles. The highest BCUT2D eigenvalue weighted by atomic mass is 19.1. The van der Waals surface area contributed by atoms with Crippen LogP contribution in [-0.4, -0.2) is 25.2 Å². The summed E-state index contributed by atoms with van der Waals surface area (Å²) in [6.45, 7) is 8.92. The van der Waals surface area contributed by atoms with Crippen LogP contribution in [0, 0.1) is 11.7 Å². The van der Waals surface area contributed by atoms with Crippen LogP contribution in [0.25, 0.3) is 0 Å². The predicted molar refractivity (Wildman–Crippen MR) is 83.7 cm³/mol. The third kappa shape index (κ3) is 3.51. The van der Waals surface area contributed by atoms with Crippen LogP contribution >= 0.6 is 0 Å². The molecule has 3 heteroatoms. The smallest absolute Gasteiger partial charge is 0.125 e. The van der Waals surface area contributed by atoms with Crippen LogP contribution in [0.4, 0.5) is 10.1 Å². The molecule has 3 unspecified atom stereocenters. The maximum Gasteiger partial charge on any atom is 0.125 e. The largest absolute Gasteiger partial charge is 0.366 e. The van der Waals surface area contributed by atoms with Crippen molar-refractivity contribution in [3.05, 3.63) is 30.1 Å². The van der Waals surface area contributed by atoms with Crippen LogP contribution in [-0.2, 0) is 0 Å². The van der Waals surface area contributed by atoms with Gasteiger partial charge in [-0.25, -0.2) is 4.39 Å². The number of anilines is 1. The summed E-state index contributed by atoms with van der Waals surface area (Å²) in [5, 5.41) is 3.49. The lowest BCUT2D eigenvalue weighted by Crippen LogP contribution is -2.48. The van der Waals surface area contributed by atoms with Gasteiger partial charge in [-0.15, -0.1) is 0 Å². The fraction of sp³-hybridized carbons (Fsp3) is 0.647. The molecule has 1 aliphatic heterocycles. The second-order valence-corrected chi connectivity index (χ2v) is 5.99. The van der Waals surface area contributed by atoms with Gasteiger partial charge in [-0.05, 0) is 70.3 Å². The summed E-state index contributed by atoms with van der Waals surface area (Å²) in [5.41, 5.74) is 1.01. The molecule has 0 amide bonds. The van der Waals surface area contributed by atoms with Crippen molar-refractivity contribution in [2.75, 3.05) is 18.0 Å². The van der Waals surface area contributed by atoms with Crippen LogP contribution in [0.3, 0.4) is 0 Å². The highest BCUT2D eigenvalue weighted by Gasteiger charge is 2.28. The van der Waals surface area contributed by atoms with Crippen molar-refractivity contribution in [1.29, 1.82) is 0 Å². The fourth-order valence-corrected chi connectivity index (χ4v) is 3.24. The van der Waals surface area contributed by atoms with Gasteiger partial charge in [0.25, 0.3) is 0 Å². The summed E-state index contributed by atoms with van der Waals surface area (Å²) in [4.78, 5) is 2.40. The van der Waals surface area contributed by atoms with Crippen molar-refractivity contribution < 1.29 is 4.39 Å². The maximum atomic E-state index is 13.6. The Bertz CT molecular complexity index is 415. The van der Waals surface area contributed by atoms with Crippen LogP contribution in [0.1, 0.15) is 40.0 Å². The third-order valence-corrected chi connectivity index (χ3v) is 4.63. The number of hydrogen-bond acceptors (Lipinski definition) is 2. The monoisotopic (exact) mass is 278 g/mol. The molecule has 0 spiro atoms. The number of piperidine rings is 1. The van der Waals surface area contributed by atoms with E-state index >= 15 is 0 Å². The zero-order valence-electron chi connectivity index (χ0n) is 12.9. The van der Waals surface area contributed by atoms with E-state index in [2.05, 4.69) is 31.0 Å². The standard InChI is InChI=1S/C17H27FN2/c1-4-13(2)20(17-9-5-8-16(18)11-17)14(3)15-7-6-10-19-12-15/h5,8-9,11,13-15,19H,4,6-7,10,12H2,1-3H3. The molecule has 1 aromatic rings. The molecule has 1 heterocycles. The summed E-state index contributed by atoms with van der Waals surface area (Å²) in [6.07, 6.45) is 3.57. The SMILES string of the molecule is CCC(C)N(c1cccc(F)c1)C(C)C1CCCNC1. The first-order chi connectivity index (χ1) is 9.63. The van der Waals surface area contributed by atoms with Gasteiger partial charge in [0.2, 0.25) is 0 Å². The van der Waals surface area contributed by atoms with E-state index in [0.29, 0.717) is 18.0 Å². The number of halogens is 1. The van der Waals surface area contributed by atoms with Crippen molar-refractivity contribution >= 4 is 5.69 Å². The average molecular weight is 278 g/mol. The Labute approximate surface area is 122 Å². The average Bonchev–Trinajstić information content (AvgIpc) is 2.48. The Kier molecular flexibility index (Phi) is 5.41. The molecule has 1 fully saturated rings. The second-order valence-electron chi connectivity index (χ2n) is 5.99. The number of hydrogen-bond donors (Lipinski definition) is 1. The lowest BCUT2D eigenvalue weighted by Gasteiger charge is -2.42. The molecule has 20 heavy (non-hydrogen) atoms. The van der Waals surface area contributed by atoms with E-state index < -0.39 is 0 Å². The number of rotatable bonds is 5. The van der Waals surface area contributed by atoms with E-state index in [0.717, 1.165) is 25.2 Å². The van der Waals surface area contributed by atoms with E-state index in [1.807, 2.05) is 12.1 Å². The number of benzene rings is 1. The minimum Gasteiger partial charge on any atom is -0.366 e. The third-order valence-electron chi connectivity index (χ3n) is 4.63. The predicted octanol–water partition coefficient (Wildman–Crippen LogP) is 3.82. The normalized spacial score (nSPS) is 22.3. The molecule has 2 nitrogen and oxygen atoms in total. The van der Waals surface area contributed by atoms with Crippen LogP contribution in [0.2, 0.25) is 0 Å². The van der Waals surface area contributed by atoms with E-state index in [4.69, 9.17) is 0 Å². The number of nitrogens with zero attached hydrogens (tertiary/aromatic N) is 1. The minimum absolute atomic E-state index is 0.148. The van der Waals surface area contributed by atoms with Crippen molar-refractivity contribution in [3.8, 4) is 0 Å². The highest BCUT2D eigenvalue weighted by molar-refractivity contribution is 5.48. The first kappa shape index (κ1) is 15.3. The summed E-state index contributed by atoms with van der Waals surface area (Å²) in [6, 6.07) is 7.88. The van der Waals surface area contributed by atoms with Gasteiger partial charge in [-0.1, -0.05) is 13.0 Å². The van der Waals surface area contributed by atoms with Gasteiger partial charge >= 0.3 is 0 Å². The molecule has 0 aliphatic carbocycles. The van der Waals surface area contributed by atoms with Gasteiger partial charge < -0.3 is 10.2 Å². The van der Waals surface area contributed by atoms with Gasteiger partial charge in [-0.2, -0.15) is 0 Å².